The van der Waals surface area contributed by atoms with Gasteiger partial charge in [0.15, 0.2) is 0 Å². The molecule has 4 aromatic carbocycles. The molecule has 0 radical (unpaired) electrons. The van der Waals surface area contributed by atoms with Crippen molar-refractivity contribution in [1.29, 1.82) is 0 Å². The molecule has 256 valence electrons. The molecule has 0 N–H and O–H groups in total. The zero-order valence-electron chi connectivity index (χ0n) is 28.2. The first-order valence-electron chi connectivity index (χ1n) is 16.8. The summed E-state index contributed by atoms with van der Waals surface area (Å²) in [5.41, 5.74) is 3.39. The number of carbonyl (C=O) groups excluding carboxylic acids is 2. The van der Waals surface area contributed by atoms with E-state index in [0.717, 1.165) is 112 Å². The molecule has 4 aromatic rings. The van der Waals surface area contributed by atoms with Crippen molar-refractivity contribution in [3.05, 3.63) is 70.8 Å². The van der Waals surface area contributed by atoms with Crippen LogP contribution in [0.1, 0.15) is 85.2 Å². The van der Waals surface area contributed by atoms with Crippen LogP contribution in [0, 0.1) is 0 Å². The zero-order valence-corrected chi connectivity index (χ0v) is 31.5. The second-order valence-electron chi connectivity index (χ2n) is 11.7. The molecule has 2 aliphatic rings. The Hall–Kier alpha value is -3.18. The van der Waals surface area contributed by atoms with Crippen LogP contribution in [0.4, 0.5) is 0 Å². The molecule has 6 nitrogen and oxygen atoms in total. The lowest BCUT2D eigenvalue weighted by Crippen LogP contribution is -2.05. The normalized spacial score (nSPS) is 12.9. The quantitative estimate of drug-likeness (QED) is 0.101. The van der Waals surface area contributed by atoms with Gasteiger partial charge in [-0.25, -0.2) is 0 Å². The minimum absolute atomic E-state index is 0.537. The molecule has 2 aliphatic heterocycles. The predicted octanol–water partition coefficient (Wildman–Crippen LogP) is 11.3. The lowest BCUT2D eigenvalue weighted by Gasteiger charge is -2.24. The van der Waals surface area contributed by atoms with Gasteiger partial charge < -0.3 is 18.9 Å². The molecule has 10 bridgehead atoms. The molecule has 0 atom stereocenters. The first-order valence-corrected chi connectivity index (χ1v) is 20.1. The Kier molecular flexibility index (Phi) is 12.1. The number of ether oxygens (including phenoxy) is 4. The summed E-state index contributed by atoms with van der Waals surface area (Å²) < 4.78 is 26.2. The number of rotatable bonds is 14. The van der Waals surface area contributed by atoms with Crippen molar-refractivity contribution < 1.29 is 28.5 Å². The lowest BCUT2D eigenvalue weighted by atomic mass is 10.0. The average molecular weight is 733 g/mol. The van der Waals surface area contributed by atoms with Crippen LogP contribution in [0.5, 0.6) is 23.0 Å². The number of hydrogen-bond acceptors (Lipinski definition) is 10. The van der Waals surface area contributed by atoms with E-state index < -0.39 is 0 Å². The first kappa shape index (κ1) is 35.6. The summed E-state index contributed by atoms with van der Waals surface area (Å²) in [6.07, 6.45) is 5.86. The van der Waals surface area contributed by atoms with Crippen molar-refractivity contribution in [1.82, 2.24) is 0 Å². The fourth-order valence-electron chi connectivity index (χ4n) is 5.50. The summed E-state index contributed by atoms with van der Waals surface area (Å²) in [5.74, 6) is 3.01. The minimum Gasteiger partial charge on any atom is -0.491 e. The standard InChI is InChI=1S/C39H40O6S4/c1-5-9-42-36-28-14-24-13-25-16-30(48-34-20-26(22-40)18-32(46-28)38(34)44-11-7-3)37(43-10-6-2)31(17-25)49-35-21-27(23-41)19-33(47-29(36)15-24)39(35)45-12-8-4/h14-23H,5-13H2,1-4H3. The fraction of sp³-hybridized carbons (Fsp3) is 0.333. The van der Waals surface area contributed by atoms with Crippen molar-refractivity contribution in [3.8, 4) is 23.0 Å². The third-order valence-electron chi connectivity index (χ3n) is 7.61. The van der Waals surface area contributed by atoms with Crippen molar-refractivity contribution in [2.24, 2.45) is 0 Å². The van der Waals surface area contributed by atoms with Crippen LogP contribution in [0.2, 0.25) is 0 Å². The maximum atomic E-state index is 12.4. The van der Waals surface area contributed by atoms with Crippen LogP contribution in [0.15, 0.2) is 87.7 Å². The first-order chi connectivity index (χ1) is 24.0. The number of benzene rings is 4. The highest BCUT2D eigenvalue weighted by Crippen LogP contribution is 2.55. The van der Waals surface area contributed by atoms with Gasteiger partial charge in [0.05, 0.1) is 65.6 Å². The van der Waals surface area contributed by atoms with E-state index in [-0.39, 0.29) is 0 Å². The number of carbonyl (C=O) groups is 2. The summed E-state index contributed by atoms with van der Waals surface area (Å²) in [6, 6.07) is 16.4. The van der Waals surface area contributed by atoms with Crippen molar-refractivity contribution in [2.75, 3.05) is 26.4 Å². The molecule has 0 amide bonds. The number of aldehydes is 2. The van der Waals surface area contributed by atoms with Gasteiger partial charge in [0.2, 0.25) is 0 Å². The van der Waals surface area contributed by atoms with Crippen molar-refractivity contribution in [2.45, 2.75) is 99.0 Å². The van der Waals surface area contributed by atoms with Crippen LogP contribution in [-0.2, 0) is 6.42 Å². The fourth-order valence-corrected chi connectivity index (χ4v) is 10.4. The molecule has 2 heterocycles. The highest BCUT2D eigenvalue weighted by Gasteiger charge is 2.27. The molecular weight excluding hydrogens is 693 g/mol. The Morgan fingerprint density at radius 1 is 0.449 bits per heavy atom. The van der Waals surface area contributed by atoms with E-state index in [0.29, 0.717) is 44.0 Å². The average Bonchev–Trinajstić information content (AvgIpc) is 3.09. The molecule has 6 rings (SSSR count). The monoisotopic (exact) mass is 732 g/mol. The summed E-state index contributed by atoms with van der Waals surface area (Å²) in [6.45, 7) is 10.5. The van der Waals surface area contributed by atoms with Gasteiger partial charge >= 0.3 is 0 Å². The molecule has 0 fully saturated rings. The van der Waals surface area contributed by atoms with E-state index in [4.69, 9.17) is 18.9 Å². The molecule has 0 aliphatic carbocycles. The van der Waals surface area contributed by atoms with Crippen molar-refractivity contribution >= 4 is 59.6 Å². The Bertz CT molecular complexity index is 1630. The Morgan fingerprint density at radius 2 is 0.694 bits per heavy atom. The molecule has 0 aromatic heterocycles. The predicted molar refractivity (Wildman–Crippen MR) is 199 cm³/mol. The third-order valence-corrected chi connectivity index (χ3v) is 11.8. The van der Waals surface area contributed by atoms with Crippen LogP contribution < -0.4 is 18.9 Å². The molecule has 0 spiro atoms. The van der Waals surface area contributed by atoms with Crippen LogP contribution in [-0.4, -0.2) is 39.0 Å². The van der Waals surface area contributed by atoms with Crippen LogP contribution in [0.3, 0.4) is 0 Å². The van der Waals surface area contributed by atoms with E-state index in [9.17, 15) is 9.59 Å². The summed E-state index contributed by atoms with van der Waals surface area (Å²) >= 11 is 6.24. The van der Waals surface area contributed by atoms with Crippen LogP contribution >= 0.6 is 47.0 Å². The molecule has 0 saturated heterocycles. The summed E-state index contributed by atoms with van der Waals surface area (Å²) in [7, 11) is 0. The summed E-state index contributed by atoms with van der Waals surface area (Å²) in [5, 5.41) is 0. The minimum atomic E-state index is 0.537. The van der Waals surface area contributed by atoms with Gasteiger partial charge in [0.1, 0.15) is 35.6 Å². The summed E-state index contributed by atoms with van der Waals surface area (Å²) in [4.78, 5) is 31.9. The lowest BCUT2D eigenvalue weighted by molar-refractivity contribution is 0.111. The topological polar surface area (TPSA) is 71.1 Å². The number of fused-ring (bicyclic) bond motifs is 8. The highest BCUT2D eigenvalue weighted by molar-refractivity contribution is 8.01. The Labute approximate surface area is 305 Å². The maximum Gasteiger partial charge on any atom is 0.150 e. The highest BCUT2D eigenvalue weighted by atomic mass is 32.2. The number of hydrogen-bond donors (Lipinski definition) is 0. The molecular formula is C39H40O6S4. The van der Waals surface area contributed by atoms with Crippen molar-refractivity contribution in [3.63, 3.8) is 0 Å². The molecule has 10 heteroatoms. The second-order valence-corrected chi connectivity index (χ2v) is 16.1. The third kappa shape index (κ3) is 8.08. The largest absolute Gasteiger partial charge is 0.491 e. The van der Waals surface area contributed by atoms with E-state index in [1.807, 2.05) is 24.3 Å². The molecule has 0 saturated carbocycles. The van der Waals surface area contributed by atoms with E-state index in [1.54, 1.807) is 47.0 Å². The van der Waals surface area contributed by atoms with E-state index >= 15 is 0 Å². The second kappa shape index (κ2) is 16.7. The van der Waals surface area contributed by atoms with Gasteiger partial charge in [-0.3, -0.25) is 9.59 Å². The maximum absolute atomic E-state index is 12.4. The van der Waals surface area contributed by atoms with Gasteiger partial charge in [-0.2, -0.15) is 0 Å². The Morgan fingerprint density at radius 3 is 0.918 bits per heavy atom. The molecule has 0 unspecified atom stereocenters. The van der Waals surface area contributed by atoms with Gasteiger partial charge in [-0.15, -0.1) is 0 Å². The van der Waals surface area contributed by atoms with Crippen LogP contribution in [0.25, 0.3) is 0 Å². The van der Waals surface area contributed by atoms with E-state index in [2.05, 4.69) is 52.0 Å². The van der Waals surface area contributed by atoms with Gasteiger partial charge in [0.25, 0.3) is 0 Å². The Balaban J connectivity index is 1.72. The van der Waals surface area contributed by atoms with Gasteiger partial charge in [-0.1, -0.05) is 74.7 Å². The van der Waals surface area contributed by atoms with E-state index in [1.165, 1.54) is 0 Å². The smallest absolute Gasteiger partial charge is 0.150 e. The van der Waals surface area contributed by atoms with Gasteiger partial charge in [-0.05, 0) is 91.8 Å². The van der Waals surface area contributed by atoms with Gasteiger partial charge in [0, 0.05) is 11.1 Å². The molecule has 49 heavy (non-hydrogen) atoms. The SMILES string of the molecule is CCCOc1c2cc(C=O)cc1Sc1cc3cc(c1OCCC)Sc1cc(C=O)cc(c1OCCC)Sc1cc(cc(c1OCCC)S2)C3. The zero-order chi connectivity index (χ0) is 34.3.